The maximum atomic E-state index is 10.5. The van der Waals surface area contributed by atoms with Gasteiger partial charge in [0.2, 0.25) is 0 Å². The first kappa shape index (κ1) is 13.4. The monoisotopic (exact) mass is 201 g/mol. The number of aliphatic carboxylic acids is 1. The van der Waals surface area contributed by atoms with Crippen LogP contribution in [-0.4, -0.2) is 35.1 Å². The topological polar surface area (TPSA) is 40.5 Å². The van der Waals surface area contributed by atoms with Crippen LogP contribution >= 0.6 is 0 Å². The number of hydrogen-bond acceptors (Lipinski definition) is 2. The van der Waals surface area contributed by atoms with Gasteiger partial charge in [-0.2, -0.15) is 0 Å². The Kier molecular flexibility index (Phi) is 7.48. The maximum Gasteiger partial charge on any atom is 0.304 e. The third-order valence-corrected chi connectivity index (χ3v) is 2.63. The molecule has 1 atom stereocenters. The highest BCUT2D eigenvalue weighted by atomic mass is 16.4. The highest BCUT2D eigenvalue weighted by Gasteiger charge is 2.14. The van der Waals surface area contributed by atoms with Crippen molar-refractivity contribution in [3.8, 4) is 0 Å². The van der Waals surface area contributed by atoms with Crippen molar-refractivity contribution in [1.82, 2.24) is 4.90 Å². The van der Waals surface area contributed by atoms with Crippen LogP contribution in [0.4, 0.5) is 0 Å². The number of carbonyl (C=O) groups is 1. The second-order valence-electron chi connectivity index (χ2n) is 3.62. The van der Waals surface area contributed by atoms with Gasteiger partial charge in [-0.1, -0.05) is 27.2 Å². The van der Waals surface area contributed by atoms with Crippen LogP contribution in [0.3, 0.4) is 0 Å². The van der Waals surface area contributed by atoms with Gasteiger partial charge in [0.15, 0.2) is 0 Å². The van der Waals surface area contributed by atoms with E-state index in [1.807, 2.05) is 0 Å². The number of hydrogen-bond donors (Lipinski definition) is 1. The van der Waals surface area contributed by atoms with Crippen molar-refractivity contribution < 1.29 is 9.90 Å². The number of rotatable bonds is 8. The standard InChI is InChI=1S/C11H23NO2/c1-4-7-10(5-2)12(6-3)9-8-11(13)14/h10H,4-9H2,1-3H3,(H,13,14). The minimum absolute atomic E-state index is 0.258. The molecule has 0 saturated heterocycles. The van der Waals surface area contributed by atoms with Gasteiger partial charge in [-0.15, -0.1) is 0 Å². The van der Waals surface area contributed by atoms with Gasteiger partial charge in [-0.25, -0.2) is 0 Å². The fourth-order valence-corrected chi connectivity index (χ4v) is 1.82. The average molecular weight is 201 g/mol. The molecule has 0 heterocycles. The lowest BCUT2D eigenvalue weighted by molar-refractivity contribution is -0.137. The van der Waals surface area contributed by atoms with E-state index in [0.717, 1.165) is 13.0 Å². The fraction of sp³-hybridized carbons (Fsp3) is 0.909. The summed E-state index contributed by atoms with van der Waals surface area (Å²) in [5.74, 6) is -0.699. The molecule has 0 aliphatic heterocycles. The first-order valence-electron chi connectivity index (χ1n) is 5.61. The minimum Gasteiger partial charge on any atom is -0.481 e. The van der Waals surface area contributed by atoms with Crippen LogP contribution in [0.1, 0.15) is 46.5 Å². The SMILES string of the molecule is CCCC(CC)N(CC)CCC(=O)O. The van der Waals surface area contributed by atoms with E-state index in [-0.39, 0.29) is 6.42 Å². The van der Waals surface area contributed by atoms with Gasteiger partial charge >= 0.3 is 5.97 Å². The Labute approximate surface area is 87.1 Å². The molecule has 0 aliphatic carbocycles. The van der Waals surface area contributed by atoms with Gasteiger partial charge in [0.25, 0.3) is 0 Å². The molecule has 84 valence electrons. The van der Waals surface area contributed by atoms with Crippen LogP contribution in [-0.2, 0) is 4.79 Å². The van der Waals surface area contributed by atoms with Crippen molar-refractivity contribution in [2.24, 2.45) is 0 Å². The molecule has 0 aromatic heterocycles. The highest BCUT2D eigenvalue weighted by Crippen LogP contribution is 2.11. The Hall–Kier alpha value is -0.570. The Morgan fingerprint density at radius 3 is 2.36 bits per heavy atom. The van der Waals surface area contributed by atoms with E-state index < -0.39 is 5.97 Å². The van der Waals surface area contributed by atoms with Gasteiger partial charge in [0, 0.05) is 12.6 Å². The summed E-state index contributed by atoms with van der Waals surface area (Å²) in [7, 11) is 0. The van der Waals surface area contributed by atoms with E-state index in [9.17, 15) is 4.79 Å². The van der Waals surface area contributed by atoms with E-state index in [4.69, 9.17) is 5.11 Å². The summed E-state index contributed by atoms with van der Waals surface area (Å²) >= 11 is 0. The molecular formula is C11H23NO2. The molecule has 3 nitrogen and oxygen atoms in total. The molecule has 0 radical (unpaired) electrons. The largest absolute Gasteiger partial charge is 0.481 e. The molecule has 0 saturated carbocycles. The van der Waals surface area contributed by atoms with Crippen LogP contribution < -0.4 is 0 Å². The van der Waals surface area contributed by atoms with Crippen LogP contribution in [0.2, 0.25) is 0 Å². The Balaban J connectivity index is 4.00. The third-order valence-electron chi connectivity index (χ3n) is 2.63. The lowest BCUT2D eigenvalue weighted by Crippen LogP contribution is -2.36. The summed E-state index contributed by atoms with van der Waals surface area (Å²) in [5.41, 5.74) is 0. The van der Waals surface area contributed by atoms with Gasteiger partial charge in [0.05, 0.1) is 6.42 Å². The smallest absolute Gasteiger partial charge is 0.304 e. The second-order valence-corrected chi connectivity index (χ2v) is 3.62. The van der Waals surface area contributed by atoms with Crippen LogP contribution in [0.5, 0.6) is 0 Å². The summed E-state index contributed by atoms with van der Waals surface area (Å²) in [6, 6.07) is 0.560. The zero-order valence-electron chi connectivity index (χ0n) is 9.62. The summed E-state index contributed by atoms with van der Waals surface area (Å²) in [5, 5.41) is 8.62. The first-order valence-corrected chi connectivity index (χ1v) is 5.61. The molecule has 0 aliphatic rings. The zero-order valence-corrected chi connectivity index (χ0v) is 9.62. The lowest BCUT2D eigenvalue weighted by Gasteiger charge is -2.29. The van der Waals surface area contributed by atoms with Crippen LogP contribution in [0.25, 0.3) is 0 Å². The molecular weight excluding hydrogens is 178 g/mol. The van der Waals surface area contributed by atoms with Crippen molar-refractivity contribution in [1.29, 1.82) is 0 Å². The molecule has 0 amide bonds. The molecule has 0 spiro atoms. The quantitative estimate of drug-likeness (QED) is 0.655. The van der Waals surface area contributed by atoms with Crippen molar-refractivity contribution in [3.05, 3.63) is 0 Å². The van der Waals surface area contributed by atoms with Crippen LogP contribution in [0.15, 0.2) is 0 Å². The molecule has 1 unspecified atom stereocenters. The summed E-state index contributed by atoms with van der Waals surface area (Å²) in [6.45, 7) is 8.08. The number of carboxylic acid groups (broad SMARTS) is 1. The summed E-state index contributed by atoms with van der Waals surface area (Å²) in [6.07, 6.45) is 3.71. The predicted octanol–water partition coefficient (Wildman–Crippen LogP) is 2.36. The number of carboxylic acids is 1. The highest BCUT2D eigenvalue weighted by molar-refractivity contribution is 5.66. The fourth-order valence-electron chi connectivity index (χ4n) is 1.82. The molecule has 0 rings (SSSR count). The maximum absolute atomic E-state index is 10.5. The Morgan fingerprint density at radius 1 is 1.36 bits per heavy atom. The summed E-state index contributed by atoms with van der Waals surface area (Å²) < 4.78 is 0. The Bertz CT molecular complexity index is 159. The molecule has 0 aromatic rings. The minimum atomic E-state index is -0.699. The number of nitrogens with zero attached hydrogens (tertiary/aromatic N) is 1. The Morgan fingerprint density at radius 2 is 2.00 bits per heavy atom. The van der Waals surface area contributed by atoms with Gasteiger partial charge < -0.3 is 10.0 Å². The van der Waals surface area contributed by atoms with E-state index >= 15 is 0 Å². The van der Waals surface area contributed by atoms with Crippen molar-refractivity contribution in [3.63, 3.8) is 0 Å². The lowest BCUT2D eigenvalue weighted by atomic mass is 10.1. The van der Waals surface area contributed by atoms with Crippen molar-refractivity contribution in [2.45, 2.75) is 52.5 Å². The second kappa shape index (κ2) is 7.80. The van der Waals surface area contributed by atoms with E-state index in [1.54, 1.807) is 0 Å². The van der Waals surface area contributed by atoms with Crippen molar-refractivity contribution >= 4 is 5.97 Å². The van der Waals surface area contributed by atoms with Gasteiger partial charge in [-0.05, 0) is 19.4 Å². The molecule has 14 heavy (non-hydrogen) atoms. The van der Waals surface area contributed by atoms with Gasteiger partial charge in [-0.3, -0.25) is 4.79 Å². The molecule has 0 bridgehead atoms. The first-order chi connectivity index (χ1) is 6.65. The van der Waals surface area contributed by atoms with Crippen LogP contribution in [0, 0.1) is 0 Å². The van der Waals surface area contributed by atoms with E-state index in [1.165, 1.54) is 12.8 Å². The van der Waals surface area contributed by atoms with Gasteiger partial charge in [0.1, 0.15) is 0 Å². The third kappa shape index (κ3) is 5.22. The van der Waals surface area contributed by atoms with E-state index in [2.05, 4.69) is 25.7 Å². The normalized spacial score (nSPS) is 13.1. The predicted molar refractivity (Wildman–Crippen MR) is 58.5 cm³/mol. The molecule has 3 heteroatoms. The van der Waals surface area contributed by atoms with E-state index in [0.29, 0.717) is 12.6 Å². The molecule has 0 fully saturated rings. The molecule has 1 N–H and O–H groups in total. The van der Waals surface area contributed by atoms with Crippen molar-refractivity contribution in [2.75, 3.05) is 13.1 Å². The zero-order chi connectivity index (χ0) is 11.0. The average Bonchev–Trinajstić information content (AvgIpc) is 2.16. The summed E-state index contributed by atoms with van der Waals surface area (Å²) in [4.78, 5) is 12.7. The molecule has 0 aromatic carbocycles.